The molecule has 0 bridgehead atoms. The molecular formula is C16H21ClF2N2O2. The second-order valence-corrected chi connectivity index (χ2v) is 6.09. The zero-order valence-corrected chi connectivity index (χ0v) is 13.5. The second-order valence-electron chi connectivity index (χ2n) is 6.09. The van der Waals surface area contributed by atoms with Crippen molar-refractivity contribution in [3.63, 3.8) is 0 Å². The first-order chi connectivity index (χ1) is 10.5. The normalized spacial score (nSPS) is 27.6. The summed E-state index contributed by atoms with van der Waals surface area (Å²) in [6, 6.07) is 3.84. The molecule has 1 aliphatic heterocycles. The van der Waals surface area contributed by atoms with Crippen LogP contribution in [0.3, 0.4) is 0 Å². The van der Waals surface area contributed by atoms with Crippen molar-refractivity contribution < 1.29 is 18.3 Å². The minimum absolute atomic E-state index is 0. The first-order valence-corrected chi connectivity index (χ1v) is 7.65. The van der Waals surface area contributed by atoms with E-state index in [1.807, 2.05) is 0 Å². The second kappa shape index (κ2) is 7.55. The summed E-state index contributed by atoms with van der Waals surface area (Å²) in [5.41, 5.74) is 6.42. The largest absolute Gasteiger partial charge is 0.370 e. The van der Waals surface area contributed by atoms with Gasteiger partial charge in [0.15, 0.2) is 11.6 Å². The highest BCUT2D eigenvalue weighted by Gasteiger charge is 2.34. The number of carbonyl (C=O) groups excluding carboxylic acids is 1. The van der Waals surface area contributed by atoms with Crippen LogP contribution in [0.25, 0.3) is 0 Å². The molecule has 1 amide bonds. The fourth-order valence-electron chi connectivity index (χ4n) is 3.26. The molecular weight excluding hydrogens is 326 g/mol. The van der Waals surface area contributed by atoms with Crippen molar-refractivity contribution in [3.8, 4) is 0 Å². The number of carbonyl (C=O) groups is 1. The number of hydrogen-bond acceptors (Lipinski definition) is 3. The predicted octanol–water partition coefficient (Wildman–Crippen LogP) is 2.41. The average Bonchev–Trinajstić information content (AvgIpc) is 2.96. The Kier molecular flexibility index (Phi) is 5.95. The highest BCUT2D eigenvalue weighted by Crippen LogP contribution is 2.29. The Morgan fingerprint density at radius 3 is 2.70 bits per heavy atom. The predicted molar refractivity (Wildman–Crippen MR) is 84.2 cm³/mol. The molecule has 1 saturated carbocycles. The number of benzene rings is 1. The van der Waals surface area contributed by atoms with E-state index in [1.54, 1.807) is 4.90 Å². The lowest BCUT2D eigenvalue weighted by atomic mass is 10.0. The van der Waals surface area contributed by atoms with Crippen molar-refractivity contribution in [1.82, 2.24) is 4.90 Å². The number of nitrogens with two attached hydrogens (primary N) is 1. The Morgan fingerprint density at radius 2 is 2.04 bits per heavy atom. The van der Waals surface area contributed by atoms with Gasteiger partial charge in [-0.2, -0.15) is 0 Å². The lowest BCUT2D eigenvalue weighted by molar-refractivity contribution is -0.143. The summed E-state index contributed by atoms with van der Waals surface area (Å²) in [6.45, 7) is 1.30. The summed E-state index contributed by atoms with van der Waals surface area (Å²) < 4.78 is 32.0. The Morgan fingerprint density at radius 1 is 1.26 bits per heavy atom. The van der Waals surface area contributed by atoms with Crippen LogP contribution in [-0.2, 0) is 9.53 Å². The van der Waals surface area contributed by atoms with E-state index < -0.39 is 17.7 Å². The van der Waals surface area contributed by atoms with Gasteiger partial charge in [-0.1, -0.05) is 6.07 Å². The summed E-state index contributed by atoms with van der Waals surface area (Å²) in [7, 11) is 0. The zero-order valence-electron chi connectivity index (χ0n) is 12.7. The Labute approximate surface area is 140 Å². The molecule has 3 unspecified atom stereocenters. The maximum absolute atomic E-state index is 13.4. The van der Waals surface area contributed by atoms with Gasteiger partial charge in [-0.25, -0.2) is 8.78 Å². The van der Waals surface area contributed by atoms with Gasteiger partial charge in [0.1, 0.15) is 6.10 Å². The number of rotatable bonds is 2. The van der Waals surface area contributed by atoms with Crippen molar-refractivity contribution in [2.45, 2.75) is 31.4 Å². The third-order valence-electron chi connectivity index (χ3n) is 4.52. The molecule has 1 heterocycles. The van der Waals surface area contributed by atoms with E-state index in [1.165, 1.54) is 6.07 Å². The van der Waals surface area contributed by atoms with Crippen molar-refractivity contribution in [3.05, 3.63) is 35.4 Å². The Hall–Kier alpha value is -1.24. The lowest BCUT2D eigenvalue weighted by Crippen LogP contribution is -2.44. The van der Waals surface area contributed by atoms with Gasteiger partial charge in [-0.3, -0.25) is 4.79 Å². The number of hydrogen-bond donors (Lipinski definition) is 1. The van der Waals surface area contributed by atoms with E-state index in [0.717, 1.165) is 31.4 Å². The highest BCUT2D eigenvalue weighted by molar-refractivity contribution is 5.85. The van der Waals surface area contributed by atoms with Crippen molar-refractivity contribution in [2.75, 3.05) is 19.7 Å². The summed E-state index contributed by atoms with van der Waals surface area (Å²) in [5.74, 6) is -1.69. The van der Waals surface area contributed by atoms with E-state index >= 15 is 0 Å². The van der Waals surface area contributed by atoms with Crippen LogP contribution < -0.4 is 5.73 Å². The van der Waals surface area contributed by atoms with Crippen molar-refractivity contribution in [1.29, 1.82) is 0 Å². The van der Waals surface area contributed by atoms with Crippen LogP contribution >= 0.6 is 12.4 Å². The van der Waals surface area contributed by atoms with Crippen LogP contribution in [0.1, 0.15) is 30.9 Å². The van der Waals surface area contributed by atoms with Gasteiger partial charge in [0.05, 0.1) is 13.2 Å². The maximum atomic E-state index is 13.4. The molecule has 2 fully saturated rings. The molecule has 4 nitrogen and oxygen atoms in total. The van der Waals surface area contributed by atoms with Crippen LogP contribution in [0.4, 0.5) is 8.78 Å². The smallest absolute Gasteiger partial charge is 0.225 e. The molecule has 3 atom stereocenters. The molecule has 3 rings (SSSR count). The molecule has 2 aliphatic rings. The summed E-state index contributed by atoms with van der Waals surface area (Å²) >= 11 is 0. The van der Waals surface area contributed by atoms with E-state index in [4.69, 9.17) is 10.5 Å². The molecule has 2 N–H and O–H groups in total. The maximum Gasteiger partial charge on any atom is 0.225 e. The third-order valence-corrected chi connectivity index (χ3v) is 4.52. The first-order valence-electron chi connectivity index (χ1n) is 7.65. The minimum Gasteiger partial charge on any atom is -0.370 e. The van der Waals surface area contributed by atoms with Crippen molar-refractivity contribution in [2.24, 2.45) is 11.7 Å². The van der Waals surface area contributed by atoms with Gasteiger partial charge in [-0.15, -0.1) is 12.4 Å². The molecule has 1 saturated heterocycles. The Bertz CT molecular complexity index is 573. The monoisotopic (exact) mass is 346 g/mol. The average molecular weight is 347 g/mol. The fraction of sp³-hybridized carbons (Fsp3) is 0.562. The molecule has 0 spiro atoms. The van der Waals surface area contributed by atoms with E-state index in [0.29, 0.717) is 25.3 Å². The standard InChI is InChI=1S/C16H20F2N2O2.ClH/c17-13-4-2-10(8-14(13)18)15-9-20(5-6-22-15)16(21)11-1-3-12(19)7-11;/h2,4,8,11-12,15H,1,3,5-7,9,19H2;1H. The van der Waals surface area contributed by atoms with Crippen LogP contribution in [0.2, 0.25) is 0 Å². The summed E-state index contributed by atoms with van der Waals surface area (Å²) in [5, 5.41) is 0. The number of halogens is 3. The van der Waals surface area contributed by atoms with Gasteiger partial charge in [0.2, 0.25) is 5.91 Å². The van der Waals surface area contributed by atoms with Gasteiger partial charge < -0.3 is 15.4 Å². The van der Waals surface area contributed by atoms with Gasteiger partial charge in [0, 0.05) is 18.5 Å². The zero-order chi connectivity index (χ0) is 15.7. The van der Waals surface area contributed by atoms with E-state index in [-0.39, 0.29) is 30.3 Å². The number of ether oxygens (including phenoxy) is 1. The number of amides is 1. The van der Waals surface area contributed by atoms with Crippen LogP contribution in [0, 0.1) is 17.6 Å². The first kappa shape index (κ1) is 18.1. The molecule has 23 heavy (non-hydrogen) atoms. The summed E-state index contributed by atoms with van der Waals surface area (Å²) in [4.78, 5) is 14.3. The lowest BCUT2D eigenvalue weighted by Gasteiger charge is -2.34. The minimum atomic E-state index is -0.897. The number of morpholine rings is 1. The molecule has 0 aromatic heterocycles. The van der Waals surface area contributed by atoms with Crippen LogP contribution in [-0.4, -0.2) is 36.5 Å². The molecule has 1 aliphatic carbocycles. The molecule has 7 heteroatoms. The topological polar surface area (TPSA) is 55.6 Å². The molecule has 128 valence electrons. The van der Waals surface area contributed by atoms with Crippen LogP contribution in [0.5, 0.6) is 0 Å². The molecule has 1 aromatic carbocycles. The van der Waals surface area contributed by atoms with Gasteiger partial charge in [-0.05, 0) is 37.0 Å². The fourth-order valence-corrected chi connectivity index (χ4v) is 3.26. The third kappa shape index (κ3) is 4.00. The SMILES string of the molecule is Cl.NC1CCC(C(=O)N2CCOC(c3ccc(F)c(F)c3)C2)C1. The Balaban J connectivity index is 0.00000192. The molecule has 0 radical (unpaired) electrons. The van der Waals surface area contributed by atoms with Crippen LogP contribution in [0.15, 0.2) is 18.2 Å². The number of nitrogens with zero attached hydrogens (tertiary/aromatic N) is 1. The highest BCUT2D eigenvalue weighted by atomic mass is 35.5. The van der Waals surface area contributed by atoms with Gasteiger partial charge in [0.25, 0.3) is 0 Å². The quantitative estimate of drug-likeness (QED) is 0.894. The van der Waals surface area contributed by atoms with E-state index in [9.17, 15) is 13.6 Å². The summed E-state index contributed by atoms with van der Waals surface area (Å²) in [6.07, 6.45) is 2.02. The molecule has 1 aromatic rings. The van der Waals surface area contributed by atoms with Gasteiger partial charge >= 0.3 is 0 Å². The van der Waals surface area contributed by atoms with Crippen molar-refractivity contribution >= 4 is 18.3 Å². The van der Waals surface area contributed by atoms with E-state index in [2.05, 4.69) is 0 Å².